The molecule has 0 N–H and O–H groups in total. The average Bonchev–Trinajstić information content (AvgIpc) is 3.70. The zero-order valence-electron chi connectivity index (χ0n) is 51.5. The van der Waals surface area contributed by atoms with Gasteiger partial charge in [0, 0.05) is 34.1 Å². The minimum Gasteiger partial charge on any atom is -0.310 e. The van der Waals surface area contributed by atoms with Gasteiger partial charge in [0.05, 0.1) is 0 Å². The Morgan fingerprint density at radius 2 is 0.723 bits per heavy atom. The fraction of sp³-hybridized carbons (Fsp3) is 0.309. The molecule has 0 aromatic heterocycles. The van der Waals surface area contributed by atoms with Crippen LogP contribution in [0.15, 0.2) is 206 Å². The number of hydrogen-bond donors (Lipinski definition) is 0. The molecule has 0 radical (unpaired) electrons. The molecule has 10 aromatic carbocycles. The molecule has 0 amide bonds. The van der Waals surface area contributed by atoms with Crippen molar-refractivity contribution in [3.63, 3.8) is 0 Å². The van der Waals surface area contributed by atoms with Gasteiger partial charge in [0.15, 0.2) is 0 Å². The molecule has 0 unspecified atom stereocenters. The Labute approximate surface area is 499 Å². The molecule has 0 aliphatic heterocycles. The van der Waals surface area contributed by atoms with Gasteiger partial charge in [0.25, 0.3) is 0 Å². The lowest BCUT2D eigenvalue weighted by molar-refractivity contribution is 0.590. The van der Waals surface area contributed by atoms with Crippen LogP contribution in [0.4, 0.5) is 34.1 Å². The Hall–Kier alpha value is -7.68. The van der Waals surface area contributed by atoms with Gasteiger partial charge in [-0.25, -0.2) is 0 Å². The molecule has 0 fully saturated rings. The van der Waals surface area contributed by atoms with Gasteiger partial charge in [-0.2, -0.15) is 0 Å². The summed E-state index contributed by atoms with van der Waals surface area (Å²) in [6.45, 7) is 20.7. The highest BCUT2D eigenvalue weighted by molar-refractivity contribution is 6.14. The average molecular weight is 1090 g/mol. The summed E-state index contributed by atoms with van der Waals surface area (Å²) in [7, 11) is 0. The maximum atomic E-state index is 2.44. The first-order valence-electron chi connectivity index (χ1n) is 31.6. The first kappa shape index (κ1) is 58.5. The highest BCUT2D eigenvalue weighted by Gasteiger charge is 2.22. The molecular weight excluding hydrogens is 1000 g/mol. The van der Waals surface area contributed by atoms with Crippen LogP contribution in [0.1, 0.15) is 165 Å². The largest absolute Gasteiger partial charge is 0.310 e. The number of fused-ring (bicyclic) bond motifs is 2. The van der Waals surface area contributed by atoms with Gasteiger partial charge in [-0.05, 0) is 212 Å². The van der Waals surface area contributed by atoms with Crippen LogP contribution in [0.5, 0.6) is 0 Å². The number of hydrogen-bond acceptors (Lipinski definition) is 2. The van der Waals surface area contributed by atoms with Crippen molar-refractivity contribution < 1.29 is 0 Å². The van der Waals surface area contributed by atoms with E-state index in [2.05, 4.69) is 278 Å². The number of nitrogens with zero attached hydrogens (tertiary/aromatic N) is 2. The molecule has 0 spiro atoms. The molecule has 2 heteroatoms. The Kier molecular flexibility index (Phi) is 19.1. The maximum absolute atomic E-state index is 2.44. The van der Waals surface area contributed by atoms with Crippen molar-refractivity contribution in [1.82, 2.24) is 0 Å². The van der Waals surface area contributed by atoms with Crippen LogP contribution in [0.25, 0.3) is 54.9 Å². The summed E-state index contributed by atoms with van der Waals surface area (Å²) >= 11 is 0. The second-order valence-electron chi connectivity index (χ2n) is 25.0. The van der Waals surface area contributed by atoms with Crippen molar-refractivity contribution >= 4 is 55.7 Å². The van der Waals surface area contributed by atoms with Crippen molar-refractivity contribution in [2.75, 3.05) is 9.80 Å². The zero-order valence-corrected chi connectivity index (χ0v) is 51.5. The summed E-state index contributed by atoms with van der Waals surface area (Å²) in [5.41, 5.74) is 22.6. The molecular formula is C81H90N2. The molecule has 0 saturated heterocycles. The van der Waals surface area contributed by atoms with Gasteiger partial charge in [-0.3, -0.25) is 0 Å². The number of aryl methyl sites for hydroxylation is 4. The number of rotatable bonds is 24. The molecule has 10 aromatic rings. The first-order valence-corrected chi connectivity index (χ1v) is 31.6. The van der Waals surface area contributed by atoms with Gasteiger partial charge >= 0.3 is 0 Å². The van der Waals surface area contributed by atoms with Crippen LogP contribution in [0.2, 0.25) is 0 Å². The third kappa shape index (κ3) is 13.7. The molecule has 0 aliphatic rings. The van der Waals surface area contributed by atoms with E-state index in [9.17, 15) is 0 Å². The van der Waals surface area contributed by atoms with Crippen LogP contribution in [0.3, 0.4) is 0 Å². The SMILES string of the molecule is CCCCCCCCc1ccc(N(c2ccc(-c3cc(C)c(-c4c(C)cc(-c5ccc(N(c6ccc(CCCCCCCC)cc6)c6cccc(C(C)(C)C)c6)cc5)c5ccccc45)c4ccccc34)cc2)c2cccc(C(C)C)c2)cc1. The quantitative estimate of drug-likeness (QED) is 0.0557. The second-order valence-corrected chi connectivity index (χ2v) is 25.0. The number of benzene rings is 10. The standard InChI is InChI=1S/C81H90N2/c1-10-12-14-16-18-20-28-61-38-46-67(47-39-61)82(71-32-26-30-65(56-71)58(3)4)69-50-42-63(43-51-69)77-54-59(5)79(75-36-24-22-34-73(75)77)80-60(6)55-78(74-35-23-25-37-76(74)80)64-44-52-70(53-45-64)83(72-33-27-31-66(57-72)81(7,8)9)68-48-40-62(41-49-68)29-21-19-17-15-13-11-2/h22-27,30-58H,10-21,28-29H2,1-9H3. The summed E-state index contributed by atoms with van der Waals surface area (Å²) in [4.78, 5) is 4.87. The molecule has 424 valence electrons. The maximum Gasteiger partial charge on any atom is 0.0464 e. The van der Waals surface area contributed by atoms with Gasteiger partial charge in [-0.15, -0.1) is 0 Å². The lowest BCUT2D eigenvalue weighted by atomic mass is 9.83. The van der Waals surface area contributed by atoms with E-state index in [0.29, 0.717) is 5.92 Å². The van der Waals surface area contributed by atoms with E-state index in [0.717, 1.165) is 24.2 Å². The molecule has 2 nitrogen and oxygen atoms in total. The van der Waals surface area contributed by atoms with E-state index in [4.69, 9.17) is 0 Å². The Morgan fingerprint density at radius 1 is 0.349 bits per heavy atom. The monoisotopic (exact) mass is 1090 g/mol. The Bertz CT molecular complexity index is 3720. The minimum absolute atomic E-state index is 0.0296. The van der Waals surface area contributed by atoms with Crippen molar-refractivity contribution in [3.05, 3.63) is 240 Å². The highest BCUT2D eigenvalue weighted by Crippen LogP contribution is 2.46. The second kappa shape index (κ2) is 27.1. The van der Waals surface area contributed by atoms with E-state index in [1.807, 2.05) is 0 Å². The molecule has 0 aliphatic carbocycles. The first-order chi connectivity index (χ1) is 40.4. The molecule has 0 heterocycles. The lowest BCUT2D eigenvalue weighted by Gasteiger charge is -2.28. The summed E-state index contributed by atoms with van der Waals surface area (Å²) in [5, 5.41) is 5.07. The zero-order chi connectivity index (χ0) is 57.9. The van der Waals surface area contributed by atoms with Crippen LogP contribution in [0, 0.1) is 13.8 Å². The minimum atomic E-state index is 0.0296. The summed E-state index contributed by atoms with van der Waals surface area (Å²) in [6.07, 6.45) is 18.1. The fourth-order valence-corrected chi connectivity index (χ4v) is 12.6. The van der Waals surface area contributed by atoms with Gasteiger partial charge in [0.2, 0.25) is 0 Å². The predicted octanol–water partition coefficient (Wildman–Crippen LogP) is 24.8. The van der Waals surface area contributed by atoms with E-state index in [1.165, 1.54) is 188 Å². The van der Waals surface area contributed by atoms with E-state index >= 15 is 0 Å². The summed E-state index contributed by atoms with van der Waals surface area (Å²) in [5.74, 6) is 0.435. The van der Waals surface area contributed by atoms with Crippen LogP contribution in [-0.4, -0.2) is 0 Å². The van der Waals surface area contributed by atoms with Crippen molar-refractivity contribution in [3.8, 4) is 33.4 Å². The van der Waals surface area contributed by atoms with Gasteiger partial charge in [-0.1, -0.05) is 246 Å². The Morgan fingerprint density at radius 3 is 1.13 bits per heavy atom. The normalized spacial score (nSPS) is 11.7. The molecule has 0 bridgehead atoms. The van der Waals surface area contributed by atoms with Crippen LogP contribution in [-0.2, 0) is 18.3 Å². The van der Waals surface area contributed by atoms with E-state index < -0.39 is 0 Å². The van der Waals surface area contributed by atoms with E-state index in [-0.39, 0.29) is 5.41 Å². The summed E-state index contributed by atoms with van der Waals surface area (Å²) in [6, 6.07) is 78.5. The van der Waals surface area contributed by atoms with Crippen molar-refractivity contribution in [2.45, 2.75) is 164 Å². The molecule has 83 heavy (non-hydrogen) atoms. The highest BCUT2D eigenvalue weighted by atomic mass is 15.1. The van der Waals surface area contributed by atoms with Crippen molar-refractivity contribution in [1.29, 1.82) is 0 Å². The van der Waals surface area contributed by atoms with Crippen molar-refractivity contribution in [2.24, 2.45) is 0 Å². The third-order valence-corrected chi connectivity index (χ3v) is 17.4. The fourth-order valence-electron chi connectivity index (χ4n) is 12.6. The van der Waals surface area contributed by atoms with Crippen LogP contribution >= 0.6 is 0 Å². The third-order valence-electron chi connectivity index (χ3n) is 17.4. The molecule has 0 atom stereocenters. The van der Waals surface area contributed by atoms with E-state index in [1.54, 1.807) is 0 Å². The predicted molar refractivity (Wildman–Crippen MR) is 364 cm³/mol. The topological polar surface area (TPSA) is 6.48 Å². The smallest absolute Gasteiger partial charge is 0.0464 e. The Balaban J connectivity index is 0.965. The van der Waals surface area contributed by atoms with Gasteiger partial charge in [0.1, 0.15) is 0 Å². The number of unbranched alkanes of at least 4 members (excludes halogenated alkanes) is 10. The van der Waals surface area contributed by atoms with Crippen LogP contribution < -0.4 is 9.80 Å². The lowest BCUT2D eigenvalue weighted by Crippen LogP contribution is -2.14. The molecule has 0 saturated carbocycles. The summed E-state index contributed by atoms with van der Waals surface area (Å²) < 4.78 is 0. The number of anilines is 6. The van der Waals surface area contributed by atoms with Gasteiger partial charge < -0.3 is 9.80 Å². The molecule has 10 rings (SSSR count).